The number of fused-ring (bicyclic) bond motifs is 5. The molecular formula is C24H39ClO4. The standard InChI is InChI=1S/C24H39ClO4/c1-13(4-7-21(25)29)16-5-6-17-22-18(12-20(28)24(16,17)3)23(2)9-8-15(26)10-14(23)11-19(22)27/h13-20,22,26-28H,4-12H2,1-3H3. The molecule has 11 atom stereocenters. The van der Waals surface area contributed by atoms with E-state index in [2.05, 4.69) is 20.8 Å². The topological polar surface area (TPSA) is 77.8 Å². The van der Waals surface area contributed by atoms with Crippen LogP contribution in [0.5, 0.6) is 0 Å². The van der Waals surface area contributed by atoms with Crippen molar-refractivity contribution in [1.82, 2.24) is 0 Å². The maximum Gasteiger partial charge on any atom is 0.221 e. The van der Waals surface area contributed by atoms with E-state index < -0.39 is 0 Å². The lowest BCUT2D eigenvalue weighted by Crippen LogP contribution is -2.62. The van der Waals surface area contributed by atoms with Gasteiger partial charge in [-0.15, -0.1) is 0 Å². The van der Waals surface area contributed by atoms with Crippen molar-refractivity contribution in [3.05, 3.63) is 0 Å². The van der Waals surface area contributed by atoms with Gasteiger partial charge in [-0.2, -0.15) is 0 Å². The first-order valence-corrected chi connectivity index (χ1v) is 12.2. The van der Waals surface area contributed by atoms with E-state index in [1.165, 1.54) is 0 Å². The van der Waals surface area contributed by atoms with Gasteiger partial charge in [-0.25, -0.2) is 0 Å². The van der Waals surface area contributed by atoms with Gasteiger partial charge in [0, 0.05) is 6.42 Å². The van der Waals surface area contributed by atoms with Gasteiger partial charge in [0.05, 0.1) is 18.3 Å². The zero-order valence-corrected chi connectivity index (χ0v) is 18.9. The van der Waals surface area contributed by atoms with Gasteiger partial charge in [0.15, 0.2) is 0 Å². The maximum atomic E-state index is 11.5. The Hall–Kier alpha value is -0.160. The number of rotatable bonds is 4. The lowest BCUT2D eigenvalue weighted by molar-refractivity contribution is -0.207. The highest BCUT2D eigenvalue weighted by molar-refractivity contribution is 6.63. The molecule has 0 radical (unpaired) electrons. The zero-order valence-electron chi connectivity index (χ0n) is 18.2. The largest absolute Gasteiger partial charge is 0.393 e. The monoisotopic (exact) mass is 426 g/mol. The quantitative estimate of drug-likeness (QED) is 0.590. The van der Waals surface area contributed by atoms with Crippen molar-refractivity contribution in [2.45, 2.75) is 96.9 Å². The Bertz CT molecular complexity index is 640. The van der Waals surface area contributed by atoms with E-state index >= 15 is 0 Å². The van der Waals surface area contributed by atoms with E-state index in [9.17, 15) is 20.1 Å². The first kappa shape index (κ1) is 22.0. The highest BCUT2D eigenvalue weighted by Crippen LogP contribution is 2.68. The van der Waals surface area contributed by atoms with Gasteiger partial charge < -0.3 is 15.3 Å². The molecular weight excluding hydrogens is 388 g/mol. The minimum atomic E-state index is -0.370. The first-order valence-electron chi connectivity index (χ1n) is 11.8. The summed E-state index contributed by atoms with van der Waals surface area (Å²) in [7, 11) is 0. The third-order valence-corrected chi connectivity index (χ3v) is 10.5. The number of hydrogen-bond acceptors (Lipinski definition) is 4. The molecule has 0 saturated heterocycles. The molecule has 0 bridgehead atoms. The number of aliphatic hydroxyl groups excluding tert-OH is 3. The fourth-order valence-corrected chi connectivity index (χ4v) is 8.78. The smallest absolute Gasteiger partial charge is 0.221 e. The average Bonchev–Trinajstić information content (AvgIpc) is 3.01. The second-order valence-corrected chi connectivity index (χ2v) is 11.8. The summed E-state index contributed by atoms with van der Waals surface area (Å²) in [6, 6.07) is 0. The van der Waals surface area contributed by atoms with Gasteiger partial charge in [-0.05, 0) is 109 Å². The number of carbonyl (C=O) groups is 1. The molecule has 4 nitrogen and oxygen atoms in total. The van der Waals surface area contributed by atoms with Crippen LogP contribution >= 0.6 is 11.6 Å². The van der Waals surface area contributed by atoms with E-state index in [1.807, 2.05) is 0 Å². The molecule has 0 amide bonds. The molecule has 4 saturated carbocycles. The Morgan fingerprint density at radius 1 is 1.07 bits per heavy atom. The van der Waals surface area contributed by atoms with Crippen molar-refractivity contribution < 1.29 is 20.1 Å². The lowest BCUT2D eigenvalue weighted by Gasteiger charge is -2.63. The summed E-state index contributed by atoms with van der Waals surface area (Å²) in [6.07, 6.45) is 6.53. The SMILES string of the molecule is CC(CCC(=O)Cl)C1CCC2C3C(O)CC4CC(O)CCC4(C)C3CC(O)C12C. The lowest BCUT2D eigenvalue weighted by atomic mass is 9.43. The minimum Gasteiger partial charge on any atom is -0.393 e. The molecule has 11 unspecified atom stereocenters. The van der Waals surface area contributed by atoms with Crippen molar-refractivity contribution in [3.63, 3.8) is 0 Å². The Kier molecular flexibility index (Phi) is 5.90. The van der Waals surface area contributed by atoms with Crippen molar-refractivity contribution >= 4 is 16.8 Å². The molecule has 0 aromatic rings. The van der Waals surface area contributed by atoms with Crippen LogP contribution < -0.4 is 0 Å². The van der Waals surface area contributed by atoms with E-state index in [-0.39, 0.29) is 40.3 Å². The molecule has 0 heterocycles. The molecule has 4 aliphatic carbocycles. The van der Waals surface area contributed by atoms with E-state index in [0.717, 1.165) is 51.4 Å². The second kappa shape index (κ2) is 7.76. The van der Waals surface area contributed by atoms with Gasteiger partial charge in [0.1, 0.15) is 0 Å². The Labute approximate surface area is 180 Å². The van der Waals surface area contributed by atoms with Gasteiger partial charge in [0.25, 0.3) is 0 Å². The van der Waals surface area contributed by atoms with Crippen LogP contribution in [0.3, 0.4) is 0 Å². The summed E-state index contributed by atoms with van der Waals surface area (Å²) in [4.78, 5) is 11.3. The van der Waals surface area contributed by atoms with Gasteiger partial charge in [0.2, 0.25) is 5.24 Å². The molecule has 3 N–H and O–H groups in total. The summed E-state index contributed by atoms with van der Waals surface area (Å²) in [6.45, 7) is 6.82. The molecule has 0 aromatic carbocycles. The van der Waals surface area contributed by atoms with Gasteiger partial charge in [-0.1, -0.05) is 20.8 Å². The first-order chi connectivity index (χ1) is 13.6. The van der Waals surface area contributed by atoms with Crippen LogP contribution in [0.4, 0.5) is 0 Å². The molecule has 166 valence electrons. The summed E-state index contributed by atoms with van der Waals surface area (Å²) in [5.74, 6) is 1.96. The normalized spacial score (nSPS) is 52.9. The van der Waals surface area contributed by atoms with Crippen molar-refractivity contribution in [2.24, 2.45) is 46.3 Å². The van der Waals surface area contributed by atoms with Crippen LogP contribution in [0.2, 0.25) is 0 Å². The van der Waals surface area contributed by atoms with Crippen LogP contribution in [-0.4, -0.2) is 38.9 Å². The zero-order chi connectivity index (χ0) is 21.1. The van der Waals surface area contributed by atoms with E-state index in [0.29, 0.717) is 36.0 Å². The van der Waals surface area contributed by atoms with Crippen molar-refractivity contribution in [3.8, 4) is 0 Å². The Morgan fingerprint density at radius 2 is 1.79 bits per heavy atom. The van der Waals surface area contributed by atoms with Crippen molar-refractivity contribution in [2.75, 3.05) is 0 Å². The molecule has 0 aromatic heterocycles. The summed E-state index contributed by atoms with van der Waals surface area (Å²) in [5.41, 5.74) is -0.0888. The highest BCUT2D eigenvalue weighted by Gasteiger charge is 2.65. The third kappa shape index (κ3) is 3.41. The van der Waals surface area contributed by atoms with E-state index in [1.54, 1.807) is 0 Å². The Balaban J connectivity index is 1.61. The molecule has 4 fully saturated rings. The number of aliphatic hydroxyl groups is 3. The van der Waals surface area contributed by atoms with Crippen molar-refractivity contribution in [1.29, 1.82) is 0 Å². The fourth-order valence-electron chi connectivity index (χ4n) is 8.67. The predicted molar refractivity (Wildman–Crippen MR) is 113 cm³/mol. The average molecular weight is 427 g/mol. The van der Waals surface area contributed by atoms with Crippen LogP contribution in [-0.2, 0) is 4.79 Å². The highest BCUT2D eigenvalue weighted by atomic mass is 35.5. The molecule has 29 heavy (non-hydrogen) atoms. The summed E-state index contributed by atoms with van der Waals surface area (Å²) in [5, 5.41) is 32.7. The third-order valence-electron chi connectivity index (χ3n) is 10.3. The predicted octanol–water partition coefficient (Wildman–Crippen LogP) is 4.13. The molecule has 4 aliphatic rings. The number of carbonyl (C=O) groups excluding carboxylic acids is 1. The van der Waals surface area contributed by atoms with Gasteiger partial charge in [-0.3, -0.25) is 4.79 Å². The van der Waals surface area contributed by atoms with Crippen LogP contribution in [0.25, 0.3) is 0 Å². The fraction of sp³-hybridized carbons (Fsp3) is 0.958. The van der Waals surface area contributed by atoms with E-state index in [4.69, 9.17) is 11.6 Å². The minimum absolute atomic E-state index is 0.111. The Morgan fingerprint density at radius 3 is 2.48 bits per heavy atom. The maximum absolute atomic E-state index is 11.5. The van der Waals surface area contributed by atoms with Gasteiger partial charge >= 0.3 is 0 Å². The second-order valence-electron chi connectivity index (χ2n) is 11.4. The number of halogens is 1. The molecule has 0 spiro atoms. The van der Waals surface area contributed by atoms with Crippen LogP contribution in [0, 0.1) is 46.3 Å². The number of hydrogen-bond donors (Lipinski definition) is 3. The van der Waals surface area contributed by atoms with Crippen LogP contribution in [0.15, 0.2) is 0 Å². The molecule has 0 aliphatic heterocycles. The summed E-state index contributed by atoms with van der Waals surface area (Å²) < 4.78 is 0. The van der Waals surface area contributed by atoms with Crippen LogP contribution in [0.1, 0.15) is 78.6 Å². The summed E-state index contributed by atoms with van der Waals surface area (Å²) >= 11 is 5.59. The molecule has 5 heteroatoms. The molecule has 4 rings (SSSR count).